The molecule has 1 aliphatic heterocycles. The SMILES string of the molecule is CC[C@@H](C)N=C1NC(=O)[C@H](CC(=O)Nc2ccc(F)cc2F)S1. The Kier molecular flexibility index (Phi) is 5.70. The van der Waals surface area contributed by atoms with E-state index >= 15 is 0 Å². The second kappa shape index (κ2) is 7.54. The number of carbonyl (C=O) groups is 2. The van der Waals surface area contributed by atoms with Crippen molar-refractivity contribution in [2.75, 3.05) is 5.32 Å². The third-order valence-corrected chi connectivity index (χ3v) is 4.38. The Morgan fingerprint density at radius 3 is 2.87 bits per heavy atom. The number of amidine groups is 1. The molecule has 124 valence electrons. The molecule has 0 bridgehead atoms. The van der Waals surface area contributed by atoms with Crippen molar-refractivity contribution < 1.29 is 18.4 Å². The zero-order chi connectivity index (χ0) is 17.0. The van der Waals surface area contributed by atoms with Gasteiger partial charge in [-0.05, 0) is 25.5 Å². The predicted molar refractivity (Wildman–Crippen MR) is 86.3 cm³/mol. The monoisotopic (exact) mass is 341 g/mol. The number of halogens is 2. The van der Waals surface area contributed by atoms with E-state index in [0.717, 1.165) is 18.6 Å². The normalized spacial score (nSPS) is 20.4. The summed E-state index contributed by atoms with van der Waals surface area (Å²) in [5.41, 5.74) is -0.117. The summed E-state index contributed by atoms with van der Waals surface area (Å²) in [4.78, 5) is 28.1. The molecule has 1 aromatic carbocycles. The average molecular weight is 341 g/mol. The number of nitrogens with one attached hydrogen (secondary N) is 2. The van der Waals surface area contributed by atoms with Crippen LogP contribution in [0.5, 0.6) is 0 Å². The van der Waals surface area contributed by atoms with Crippen LogP contribution in [0, 0.1) is 11.6 Å². The minimum Gasteiger partial charge on any atom is -0.324 e. The number of nitrogens with zero attached hydrogens (tertiary/aromatic N) is 1. The number of hydrogen-bond acceptors (Lipinski definition) is 4. The number of aliphatic imine (C=N–C) groups is 1. The maximum atomic E-state index is 13.5. The number of rotatable bonds is 5. The highest BCUT2D eigenvalue weighted by Crippen LogP contribution is 2.24. The fraction of sp³-hybridized carbons (Fsp3) is 0.400. The van der Waals surface area contributed by atoms with Gasteiger partial charge in [0.05, 0.1) is 5.69 Å². The molecule has 1 aromatic rings. The Bertz CT molecular complexity index is 652. The van der Waals surface area contributed by atoms with Crippen LogP contribution in [0.1, 0.15) is 26.7 Å². The summed E-state index contributed by atoms with van der Waals surface area (Å²) in [5.74, 6) is -2.40. The standard InChI is InChI=1S/C15H17F2N3O2S/c1-3-8(2)18-15-20-14(22)12(23-15)7-13(21)19-11-5-4-9(16)6-10(11)17/h4-6,8,12H,3,7H2,1-2H3,(H,19,21)(H,18,20,22)/t8-,12+/m1/s1. The van der Waals surface area contributed by atoms with Crippen molar-refractivity contribution in [2.24, 2.45) is 4.99 Å². The van der Waals surface area contributed by atoms with Crippen LogP contribution in [0.15, 0.2) is 23.2 Å². The molecular formula is C15H17F2N3O2S. The first-order chi connectivity index (χ1) is 10.9. The van der Waals surface area contributed by atoms with Gasteiger partial charge in [0.25, 0.3) is 0 Å². The number of thioether (sulfide) groups is 1. The zero-order valence-electron chi connectivity index (χ0n) is 12.7. The van der Waals surface area contributed by atoms with Gasteiger partial charge in [-0.1, -0.05) is 18.7 Å². The summed E-state index contributed by atoms with van der Waals surface area (Å²) in [7, 11) is 0. The third-order valence-electron chi connectivity index (χ3n) is 3.28. The largest absolute Gasteiger partial charge is 0.324 e. The van der Waals surface area contributed by atoms with Crippen LogP contribution in [-0.4, -0.2) is 28.3 Å². The Morgan fingerprint density at radius 1 is 1.48 bits per heavy atom. The molecule has 2 amide bonds. The van der Waals surface area contributed by atoms with E-state index in [9.17, 15) is 18.4 Å². The van der Waals surface area contributed by atoms with Gasteiger partial charge >= 0.3 is 0 Å². The molecule has 0 radical (unpaired) electrons. The Balaban J connectivity index is 1.95. The van der Waals surface area contributed by atoms with E-state index in [4.69, 9.17) is 0 Å². The van der Waals surface area contributed by atoms with Crippen molar-refractivity contribution >= 4 is 34.4 Å². The Labute approximate surface area is 136 Å². The van der Waals surface area contributed by atoms with Crippen molar-refractivity contribution in [2.45, 2.75) is 38.0 Å². The van der Waals surface area contributed by atoms with Gasteiger partial charge in [-0.3, -0.25) is 14.6 Å². The molecule has 8 heteroatoms. The number of anilines is 1. The van der Waals surface area contributed by atoms with Gasteiger partial charge < -0.3 is 10.6 Å². The van der Waals surface area contributed by atoms with E-state index in [1.54, 1.807) is 0 Å². The molecule has 1 fully saturated rings. The maximum Gasteiger partial charge on any atom is 0.240 e. The lowest BCUT2D eigenvalue weighted by Gasteiger charge is -2.08. The van der Waals surface area contributed by atoms with Crippen molar-refractivity contribution in [3.63, 3.8) is 0 Å². The first kappa shape index (κ1) is 17.4. The van der Waals surface area contributed by atoms with E-state index in [1.165, 1.54) is 11.8 Å². The summed E-state index contributed by atoms with van der Waals surface area (Å²) in [6, 6.07) is 2.95. The summed E-state index contributed by atoms with van der Waals surface area (Å²) >= 11 is 1.18. The quantitative estimate of drug-likeness (QED) is 0.865. The molecule has 5 nitrogen and oxygen atoms in total. The van der Waals surface area contributed by atoms with Crippen molar-refractivity contribution in [1.82, 2.24) is 5.32 Å². The summed E-state index contributed by atoms with van der Waals surface area (Å²) in [6.07, 6.45) is 0.724. The fourth-order valence-electron chi connectivity index (χ4n) is 1.85. The average Bonchev–Trinajstić information content (AvgIpc) is 2.81. The predicted octanol–water partition coefficient (Wildman–Crippen LogP) is 2.68. The van der Waals surface area contributed by atoms with Crippen LogP contribution in [0.25, 0.3) is 0 Å². The lowest BCUT2D eigenvalue weighted by atomic mass is 10.2. The van der Waals surface area contributed by atoms with Crippen LogP contribution < -0.4 is 10.6 Å². The molecule has 2 atom stereocenters. The zero-order valence-corrected chi connectivity index (χ0v) is 13.5. The Hall–Kier alpha value is -1.96. The minimum absolute atomic E-state index is 0.0821. The van der Waals surface area contributed by atoms with Gasteiger partial charge in [-0.15, -0.1) is 0 Å². The second-order valence-electron chi connectivity index (χ2n) is 5.16. The summed E-state index contributed by atoms with van der Waals surface area (Å²) in [5, 5.41) is 4.85. The van der Waals surface area contributed by atoms with Crippen molar-refractivity contribution in [3.05, 3.63) is 29.8 Å². The van der Waals surface area contributed by atoms with Gasteiger partial charge in [-0.25, -0.2) is 8.78 Å². The second-order valence-corrected chi connectivity index (χ2v) is 6.36. The molecule has 0 aromatic heterocycles. The molecule has 23 heavy (non-hydrogen) atoms. The topological polar surface area (TPSA) is 70.6 Å². The van der Waals surface area contributed by atoms with Crippen LogP contribution in [0.3, 0.4) is 0 Å². The van der Waals surface area contributed by atoms with Crippen molar-refractivity contribution in [1.29, 1.82) is 0 Å². The van der Waals surface area contributed by atoms with Crippen LogP contribution in [-0.2, 0) is 9.59 Å². The minimum atomic E-state index is -0.860. The molecular weight excluding hydrogens is 324 g/mol. The van der Waals surface area contributed by atoms with Gasteiger partial charge in [0.2, 0.25) is 11.8 Å². The smallest absolute Gasteiger partial charge is 0.240 e. The maximum absolute atomic E-state index is 13.5. The molecule has 1 aliphatic rings. The fourth-order valence-corrected chi connectivity index (χ4v) is 2.92. The molecule has 1 saturated heterocycles. The van der Waals surface area contributed by atoms with E-state index < -0.39 is 22.8 Å². The molecule has 0 aliphatic carbocycles. The molecule has 1 heterocycles. The van der Waals surface area contributed by atoms with Crippen molar-refractivity contribution in [3.8, 4) is 0 Å². The van der Waals surface area contributed by atoms with E-state index in [2.05, 4.69) is 15.6 Å². The van der Waals surface area contributed by atoms with E-state index in [1.807, 2.05) is 13.8 Å². The highest BCUT2D eigenvalue weighted by atomic mass is 32.2. The number of hydrogen-bond donors (Lipinski definition) is 2. The summed E-state index contributed by atoms with van der Waals surface area (Å²) in [6.45, 7) is 3.91. The molecule has 2 N–H and O–H groups in total. The molecule has 0 spiro atoms. The lowest BCUT2D eigenvalue weighted by molar-refractivity contribution is -0.122. The number of amides is 2. The first-order valence-corrected chi connectivity index (χ1v) is 8.07. The van der Waals surface area contributed by atoms with Crippen LogP contribution >= 0.6 is 11.8 Å². The van der Waals surface area contributed by atoms with Gasteiger partial charge in [0, 0.05) is 18.5 Å². The highest BCUT2D eigenvalue weighted by Gasteiger charge is 2.32. The number of carbonyl (C=O) groups excluding carboxylic acids is 2. The van der Waals surface area contributed by atoms with Crippen LogP contribution in [0.4, 0.5) is 14.5 Å². The van der Waals surface area contributed by atoms with Gasteiger partial charge in [0.1, 0.15) is 16.9 Å². The van der Waals surface area contributed by atoms with Crippen LogP contribution in [0.2, 0.25) is 0 Å². The first-order valence-electron chi connectivity index (χ1n) is 7.19. The highest BCUT2D eigenvalue weighted by molar-refractivity contribution is 8.15. The molecule has 2 rings (SSSR count). The summed E-state index contributed by atoms with van der Waals surface area (Å²) < 4.78 is 26.3. The lowest BCUT2D eigenvalue weighted by Crippen LogP contribution is -2.28. The molecule has 0 saturated carbocycles. The van der Waals surface area contributed by atoms with E-state index in [-0.39, 0.29) is 24.1 Å². The van der Waals surface area contributed by atoms with Gasteiger partial charge in [-0.2, -0.15) is 0 Å². The molecule has 0 unspecified atom stereocenters. The van der Waals surface area contributed by atoms with E-state index in [0.29, 0.717) is 11.2 Å². The number of benzene rings is 1. The Morgan fingerprint density at radius 2 is 2.22 bits per heavy atom. The third kappa shape index (κ3) is 4.75. The van der Waals surface area contributed by atoms with Gasteiger partial charge in [0.15, 0.2) is 5.17 Å².